The van der Waals surface area contributed by atoms with E-state index < -0.39 is 29.8 Å². The lowest BCUT2D eigenvalue weighted by Gasteiger charge is -2.09. The van der Waals surface area contributed by atoms with Crippen molar-refractivity contribution in [1.82, 2.24) is 0 Å². The predicted molar refractivity (Wildman–Crippen MR) is 70.3 cm³/mol. The van der Waals surface area contributed by atoms with Crippen molar-refractivity contribution < 1.29 is 22.7 Å². The zero-order chi connectivity index (χ0) is 14.7. The van der Waals surface area contributed by atoms with Crippen molar-refractivity contribution in [2.24, 2.45) is 0 Å². The maximum atomic E-state index is 13.5. The molecule has 0 amide bonds. The number of ether oxygens (including phenoxy) is 1. The summed E-state index contributed by atoms with van der Waals surface area (Å²) in [7, 11) is 0. The maximum Gasteiger partial charge on any atom is 0.203 e. The van der Waals surface area contributed by atoms with Gasteiger partial charge in [0.1, 0.15) is 11.6 Å². The molecule has 0 N–H and O–H groups in total. The molecule has 2 aromatic carbocycles. The van der Waals surface area contributed by atoms with Crippen LogP contribution in [-0.4, -0.2) is 12.4 Å². The highest BCUT2D eigenvalue weighted by Crippen LogP contribution is 2.29. The maximum absolute atomic E-state index is 13.5. The van der Waals surface area contributed by atoms with Crippen LogP contribution in [0, 0.1) is 17.5 Å². The molecule has 0 saturated carbocycles. The van der Waals surface area contributed by atoms with Crippen molar-refractivity contribution in [2.45, 2.75) is 0 Å². The van der Waals surface area contributed by atoms with Crippen molar-refractivity contribution in [3.8, 4) is 5.75 Å². The summed E-state index contributed by atoms with van der Waals surface area (Å²) < 4.78 is 44.7. The number of rotatable bonds is 4. The Bertz CT molecular complexity index is 636. The second kappa shape index (κ2) is 6.09. The first-order valence-electron chi connectivity index (χ1n) is 5.54. The van der Waals surface area contributed by atoms with Crippen molar-refractivity contribution >= 4 is 21.7 Å². The molecule has 0 saturated heterocycles. The SMILES string of the molecule is O=C(COc1c(F)cc(F)cc1Br)c1ccccc1F. The van der Waals surface area contributed by atoms with Gasteiger partial charge < -0.3 is 4.74 Å². The standard InChI is InChI=1S/C14H8BrF3O2/c15-10-5-8(16)6-12(18)14(10)20-7-13(19)9-3-1-2-4-11(9)17/h1-6H,7H2. The normalized spacial score (nSPS) is 10.4. The molecule has 0 aliphatic heterocycles. The number of hydrogen-bond donors (Lipinski definition) is 0. The molecule has 0 bridgehead atoms. The Kier molecular flexibility index (Phi) is 4.44. The van der Waals surface area contributed by atoms with Crippen LogP contribution in [0.2, 0.25) is 0 Å². The molecule has 0 radical (unpaired) electrons. The number of ketones is 1. The molecule has 0 aliphatic rings. The van der Waals surface area contributed by atoms with Gasteiger partial charge in [0, 0.05) is 6.07 Å². The van der Waals surface area contributed by atoms with E-state index in [0.717, 1.165) is 12.1 Å². The highest BCUT2D eigenvalue weighted by molar-refractivity contribution is 9.10. The van der Waals surface area contributed by atoms with Crippen LogP contribution < -0.4 is 4.74 Å². The molecule has 20 heavy (non-hydrogen) atoms. The number of carbonyl (C=O) groups excluding carboxylic acids is 1. The molecule has 0 spiro atoms. The van der Waals surface area contributed by atoms with Gasteiger partial charge in [-0.25, -0.2) is 13.2 Å². The summed E-state index contributed by atoms with van der Waals surface area (Å²) in [6, 6.07) is 7.03. The summed E-state index contributed by atoms with van der Waals surface area (Å²) in [6.07, 6.45) is 0. The first-order chi connectivity index (χ1) is 9.49. The van der Waals surface area contributed by atoms with Crippen LogP contribution in [0.15, 0.2) is 40.9 Å². The van der Waals surface area contributed by atoms with Crippen LogP contribution in [0.4, 0.5) is 13.2 Å². The molecule has 2 aromatic rings. The summed E-state index contributed by atoms with van der Waals surface area (Å²) in [5.74, 6) is -3.34. The monoisotopic (exact) mass is 344 g/mol. The van der Waals surface area contributed by atoms with Gasteiger partial charge in [-0.2, -0.15) is 0 Å². The van der Waals surface area contributed by atoms with Crippen LogP contribution in [-0.2, 0) is 0 Å². The van der Waals surface area contributed by atoms with Crippen LogP contribution in [0.3, 0.4) is 0 Å². The van der Waals surface area contributed by atoms with E-state index >= 15 is 0 Å². The van der Waals surface area contributed by atoms with Crippen LogP contribution in [0.1, 0.15) is 10.4 Å². The second-order valence-corrected chi connectivity index (χ2v) is 4.74. The molecule has 0 atom stereocenters. The van der Waals surface area contributed by atoms with E-state index in [0.29, 0.717) is 6.07 Å². The lowest BCUT2D eigenvalue weighted by molar-refractivity contribution is 0.0914. The van der Waals surface area contributed by atoms with Gasteiger partial charge in [0.15, 0.2) is 18.2 Å². The average molecular weight is 345 g/mol. The Morgan fingerprint density at radius 1 is 1.10 bits per heavy atom. The molecule has 6 heteroatoms. The largest absolute Gasteiger partial charge is 0.481 e. The van der Waals surface area contributed by atoms with E-state index in [-0.39, 0.29) is 15.8 Å². The third-order valence-electron chi connectivity index (χ3n) is 2.48. The fourth-order valence-corrected chi connectivity index (χ4v) is 2.09. The van der Waals surface area contributed by atoms with Gasteiger partial charge in [0.05, 0.1) is 10.0 Å². The molecule has 2 rings (SSSR count). The zero-order valence-electron chi connectivity index (χ0n) is 10.00. The van der Waals surface area contributed by atoms with E-state index in [1.165, 1.54) is 18.2 Å². The molecule has 0 unspecified atom stereocenters. The van der Waals surface area contributed by atoms with E-state index in [1.54, 1.807) is 0 Å². The molecule has 2 nitrogen and oxygen atoms in total. The van der Waals surface area contributed by atoms with Crippen molar-refractivity contribution in [1.29, 1.82) is 0 Å². The predicted octanol–water partition coefficient (Wildman–Crippen LogP) is 4.13. The second-order valence-electron chi connectivity index (χ2n) is 3.89. The summed E-state index contributed by atoms with van der Waals surface area (Å²) in [4.78, 5) is 11.8. The first-order valence-corrected chi connectivity index (χ1v) is 6.33. The minimum Gasteiger partial charge on any atom is -0.481 e. The Morgan fingerprint density at radius 2 is 1.80 bits per heavy atom. The Labute approximate surface area is 121 Å². The van der Waals surface area contributed by atoms with Crippen molar-refractivity contribution in [2.75, 3.05) is 6.61 Å². The topological polar surface area (TPSA) is 26.3 Å². The molecule has 0 aliphatic carbocycles. The van der Waals surface area contributed by atoms with Gasteiger partial charge in [0.25, 0.3) is 0 Å². The number of hydrogen-bond acceptors (Lipinski definition) is 2. The minimum atomic E-state index is -0.946. The summed E-state index contributed by atoms with van der Waals surface area (Å²) in [6.45, 7) is -0.553. The van der Waals surface area contributed by atoms with E-state index in [1.807, 2.05) is 0 Å². The number of Topliss-reactive ketones (excluding diaryl/α,β-unsaturated/α-hetero) is 1. The zero-order valence-corrected chi connectivity index (χ0v) is 11.6. The third kappa shape index (κ3) is 3.19. The van der Waals surface area contributed by atoms with Gasteiger partial charge in [-0.1, -0.05) is 12.1 Å². The van der Waals surface area contributed by atoms with Crippen molar-refractivity contribution in [3.05, 3.63) is 63.9 Å². The quantitative estimate of drug-likeness (QED) is 0.779. The van der Waals surface area contributed by atoms with Crippen LogP contribution >= 0.6 is 15.9 Å². The molecule has 0 fully saturated rings. The Balaban J connectivity index is 2.14. The van der Waals surface area contributed by atoms with Gasteiger partial charge in [-0.3, -0.25) is 4.79 Å². The van der Waals surface area contributed by atoms with Gasteiger partial charge >= 0.3 is 0 Å². The van der Waals surface area contributed by atoms with E-state index in [9.17, 15) is 18.0 Å². The van der Waals surface area contributed by atoms with Crippen LogP contribution in [0.5, 0.6) is 5.75 Å². The summed E-state index contributed by atoms with van der Waals surface area (Å²) in [5, 5.41) is 0. The lowest BCUT2D eigenvalue weighted by Crippen LogP contribution is -2.14. The van der Waals surface area contributed by atoms with Gasteiger partial charge in [-0.15, -0.1) is 0 Å². The number of carbonyl (C=O) groups is 1. The molecular formula is C14H8BrF3O2. The summed E-state index contributed by atoms with van der Waals surface area (Å²) >= 11 is 2.93. The Morgan fingerprint density at radius 3 is 2.45 bits per heavy atom. The summed E-state index contributed by atoms with van der Waals surface area (Å²) in [5.41, 5.74) is -0.147. The van der Waals surface area contributed by atoms with E-state index in [4.69, 9.17) is 4.74 Å². The van der Waals surface area contributed by atoms with Crippen LogP contribution in [0.25, 0.3) is 0 Å². The van der Waals surface area contributed by atoms with E-state index in [2.05, 4.69) is 15.9 Å². The molecule has 0 heterocycles. The fraction of sp³-hybridized carbons (Fsp3) is 0.0714. The highest BCUT2D eigenvalue weighted by atomic mass is 79.9. The minimum absolute atomic E-state index is 0.0383. The first kappa shape index (κ1) is 14.6. The smallest absolute Gasteiger partial charge is 0.203 e. The van der Waals surface area contributed by atoms with Crippen molar-refractivity contribution in [3.63, 3.8) is 0 Å². The number of benzene rings is 2. The highest BCUT2D eigenvalue weighted by Gasteiger charge is 2.15. The lowest BCUT2D eigenvalue weighted by atomic mass is 10.1. The molecule has 104 valence electrons. The van der Waals surface area contributed by atoms with Gasteiger partial charge in [-0.05, 0) is 34.1 Å². The van der Waals surface area contributed by atoms with Gasteiger partial charge in [0.2, 0.25) is 5.78 Å². The fourth-order valence-electron chi connectivity index (χ4n) is 1.57. The molecular weight excluding hydrogens is 337 g/mol. The number of halogens is 4. The molecule has 0 aromatic heterocycles. The Hall–Kier alpha value is -1.82. The average Bonchev–Trinajstić information content (AvgIpc) is 2.37. The third-order valence-corrected chi connectivity index (χ3v) is 3.07.